The molecule has 5 heteroatoms. The fourth-order valence-corrected chi connectivity index (χ4v) is 6.22. The van der Waals surface area contributed by atoms with E-state index >= 15 is 0 Å². The number of fused-ring (bicyclic) bond motifs is 1. The molecule has 31 heavy (non-hydrogen) atoms. The maximum Gasteiger partial charge on any atom is 0.345 e. The molecule has 3 aromatic carbocycles. The van der Waals surface area contributed by atoms with Crippen molar-refractivity contribution in [3.63, 3.8) is 0 Å². The van der Waals surface area contributed by atoms with Gasteiger partial charge in [0, 0.05) is 19.4 Å². The van der Waals surface area contributed by atoms with Gasteiger partial charge in [0.25, 0.3) is 9.04 Å². The first-order valence-electron chi connectivity index (χ1n) is 10.5. The molecule has 0 spiro atoms. The molecule has 0 unspecified atom stereocenters. The summed E-state index contributed by atoms with van der Waals surface area (Å²) in [6.07, 6.45) is 0. The Morgan fingerprint density at radius 1 is 0.806 bits per heavy atom. The topological polar surface area (TPSA) is 44.8 Å². The molecule has 0 N–H and O–H groups in total. The van der Waals surface area contributed by atoms with Crippen LogP contribution in [0.1, 0.15) is 50.5 Å². The normalized spacial score (nSPS) is 15.1. The highest BCUT2D eigenvalue weighted by Gasteiger charge is 2.39. The number of hydrogen-bond donors (Lipinski definition) is 0. The van der Waals surface area contributed by atoms with Gasteiger partial charge in [-0.15, -0.1) is 0 Å². The van der Waals surface area contributed by atoms with Gasteiger partial charge in [-0.05, 0) is 27.9 Å². The summed E-state index contributed by atoms with van der Waals surface area (Å²) in [5.74, 6) is -0.126. The highest BCUT2D eigenvalue weighted by atomic mass is 28.3. The van der Waals surface area contributed by atoms with Crippen LogP contribution < -0.4 is 19.5 Å². The van der Waals surface area contributed by atoms with Crippen LogP contribution in [0.5, 0.6) is 11.5 Å². The highest BCUT2D eigenvalue weighted by molar-refractivity contribution is 6.80. The quantitative estimate of drug-likeness (QED) is 0.458. The largest absolute Gasteiger partial charge is 0.537 e. The second kappa shape index (κ2) is 7.89. The summed E-state index contributed by atoms with van der Waals surface area (Å²) < 4.78 is 18.3. The summed E-state index contributed by atoms with van der Waals surface area (Å²) >= 11 is 0. The van der Waals surface area contributed by atoms with Crippen molar-refractivity contribution in [1.82, 2.24) is 0 Å². The van der Waals surface area contributed by atoms with Crippen LogP contribution in [-0.2, 0) is 10.2 Å². The van der Waals surface area contributed by atoms with Crippen LogP contribution in [0, 0.1) is 0 Å². The predicted molar refractivity (Wildman–Crippen MR) is 125 cm³/mol. The Bertz CT molecular complexity index is 1050. The summed E-state index contributed by atoms with van der Waals surface area (Å²) in [5, 5.41) is 2.34. The summed E-state index contributed by atoms with van der Waals surface area (Å²) in [4.78, 5) is 13.0. The number of hydrogen-bond acceptors (Lipinski definition) is 4. The Labute approximate surface area is 185 Å². The molecule has 0 saturated carbocycles. The Kier molecular flexibility index (Phi) is 5.39. The first-order chi connectivity index (χ1) is 14.7. The van der Waals surface area contributed by atoms with Crippen LogP contribution in [0.15, 0.2) is 72.8 Å². The minimum absolute atomic E-state index is 0.350. The van der Waals surface area contributed by atoms with Crippen molar-refractivity contribution in [3.8, 4) is 11.5 Å². The Hall–Kier alpha value is -3.05. The van der Waals surface area contributed by atoms with E-state index in [4.69, 9.17) is 13.9 Å². The zero-order valence-corrected chi connectivity index (χ0v) is 19.8. The maximum atomic E-state index is 13.0. The molecule has 160 valence electrons. The standard InChI is InChI=1S/C26H28O4Si/c1-25(2,3)23-21(17-16-20-22(23)24(27)29-26(4,5)28-20)30-31(18-12-8-6-9-13-18)19-14-10-7-11-15-19/h6-17,31H,1-5H3. The van der Waals surface area contributed by atoms with Gasteiger partial charge in [0.15, 0.2) is 0 Å². The van der Waals surface area contributed by atoms with Crippen LogP contribution in [0.4, 0.5) is 0 Å². The first-order valence-corrected chi connectivity index (χ1v) is 12.1. The van der Waals surface area contributed by atoms with Crippen LogP contribution >= 0.6 is 0 Å². The zero-order valence-electron chi connectivity index (χ0n) is 18.6. The van der Waals surface area contributed by atoms with E-state index in [1.54, 1.807) is 13.8 Å². The summed E-state index contributed by atoms with van der Waals surface area (Å²) in [6, 6.07) is 24.3. The maximum absolute atomic E-state index is 13.0. The molecule has 0 saturated heterocycles. The first kappa shape index (κ1) is 21.2. The van der Waals surface area contributed by atoms with Gasteiger partial charge in [-0.2, -0.15) is 0 Å². The van der Waals surface area contributed by atoms with E-state index in [-0.39, 0.29) is 11.4 Å². The molecule has 0 fully saturated rings. The fraction of sp³-hybridized carbons (Fsp3) is 0.269. The third-order valence-electron chi connectivity index (χ3n) is 5.23. The molecule has 4 nitrogen and oxygen atoms in total. The third-order valence-corrected chi connectivity index (χ3v) is 7.70. The molecule has 1 aliphatic heterocycles. The van der Waals surface area contributed by atoms with Gasteiger partial charge in [-0.3, -0.25) is 0 Å². The van der Waals surface area contributed by atoms with Gasteiger partial charge in [0.05, 0.1) is 0 Å². The molecule has 0 atom stereocenters. The Morgan fingerprint density at radius 2 is 1.35 bits per heavy atom. The van der Waals surface area contributed by atoms with E-state index in [1.807, 2.05) is 48.5 Å². The van der Waals surface area contributed by atoms with Gasteiger partial charge in [0.2, 0.25) is 5.79 Å². The predicted octanol–water partition coefficient (Wildman–Crippen LogP) is 4.19. The van der Waals surface area contributed by atoms with Crippen LogP contribution in [0.25, 0.3) is 0 Å². The zero-order chi connectivity index (χ0) is 22.2. The monoisotopic (exact) mass is 432 g/mol. The summed E-state index contributed by atoms with van der Waals surface area (Å²) in [6.45, 7) is 9.70. The van der Waals surface area contributed by atoms with E-state index in [0.29, 0.717) is 17.1 Å². The number of rotatable bonds is 4. The molecular weight excluding hydrogens is 404 g/mol. The molecule has 0 radical (unpaired) electrons. The fourth-order valence-electron chi connectivity index (χ4n) is 3.97. The number of benzene rings is 3. The second-order valence-corrected chi connectivity index (χ2v) is 11.6. The molecular formula is C26H28O4Si. The molecule has 0 aromatic heterocycles. The number of ether oxygens (including phenoxy) is 2. The lowest BCUT2D eigenvalue weighted by atomic mass is 9.82. The van der Waals surface area contributed by atoms with Gasteiger partial charge < -0.3 is 13.9 Å². The lowest BCUT2D eigenvalue weighted by Crippen LogP contribution is -2.48. The van der Waals surface area contributed by atoms with E-state index in [9.17, 15) is 4.79 Å². The van der Waals surface area contributed by atoms with E-state index < -0.39 is 14.8 Å². The summed E-state index contributed by atoms with van der Waals surface area (Å²) in [7, 11) is -2.05. The van der Waals surface area contributed by atoms with Crippen molar-refractivity contribution in [2.75, 3.05) is 0 Å². The number of carbonyl (C=O) groups excluding carboxylic acids is 1. The molecule has 0 bridgehead atoms. The molecule has 0 amide bonds. The summed E-state index contributed by atoms with van der Waals surface area (Å²) in [5.41, 5.74) is 0.921. The van der Waals surface area contributed by atoms with Crippen molar-refractivity contribution in [2.24, 2.45) is 0 Å². The van der Waals surface area contributed by atoms with Crippen molar-refractivity contribution >= 4 is 25.4 Å². The Balaban J connectivity index is 1.85. The molecule has 1 heterocycles. The van der Waals surface area contributed by atoms with Gasteiger partial charge in [-0.1, -0.05) is 81.4 Å². The molecule has 4 rings (SSSR count). The smallest absolute Gasteiger partial charge is 0.345 e. The third kappa shape index (κ3) is 4.37. The van der Waals surface area contributed by atoms with Gasteiger partial charge >= 0.3 is 5.97 Å². The second-order valence-electron chi connectivity index (χ2n) is 9.27. The van der Waals surface area contributed by atoms with Gasteiger partial charge in [0.1, 0.15) is 17.1 Å². The highest BCUT2D eigenvalue weighted by Crippen LogP contribution is 2.43. The number of carbonyl (C=O) groups is 1. The lowest BCUT2D eigenvalue weighted by Gasteiger charge is -2.36. The SMILES string of the molecule is CC1(C)OC(=O)c2c(ccc(O[SiH](c3ccccc3)c3ccccc3)c2C(C)(C)C)O1. The van der Waals surface area contributed by atoms with Crippen molar-refractivity contribution < 1.29 is 18.7 Å². The van der Waals surface area contributed by atoms with E-state index in [1.165, 1.54) is 10.4 Å². The van der Waals surface area contributed by atoms with Crippen molar-refractivity contribution in [3.05, 3.63) is 83.9 Å². The van der Waals surface area contributed by atoms with Gasteiger partial charge in [-0.25, -0.2) is 4.79 Å². The van der Waals surface area contributed by atoms with Crippen LogP contribution in [-0.4, -0.2) is 20.8 Å². The number of cyclic esters (lactones) is 1. The Morgan fingerprint density at radius 3 is 1.87 bits per heavy atom. The van der Waals surface area contributed by atoms with Crippen LogP contribution in [0.3, 0.4) is 0 Å². The van der Waals surface area contributed by atoms with Crippen LogP contribution in [0.2, 0.25) is 0 Å². The lowest BCUT2D eigenvalue weighted by molar-refractivity contribution is -0.127. The average molecular weight is 433 g/mol. The average Bonchev–Trinajstić information content (AvgIpc) is 2.71. The number of esters is 1. The van der Waals surface area contributed by atoms with E-state index in [0.717, 1.165) is 5.56 Å². The van der Waals surface area contributed by atoms with E-state index in [2.05, 4.69) is 45.0 Å². The van der Waals surface area contributed by atoms with Crippen molar-refractivity contribution in [2.45, 2.75) is 45.8 Å². The minimum Gasteiger partial charge on any atom is -0.537 e. The molecule has 3 aromatic rings. The molecule has 0 aliphatic carbocycles. The molecule has 1 aliphatic rings. The minimum atomic E-state index is -2.05. The van der Waals surface area contributed by atoms with Crippen molar-refractivity contribution in [1.29, 1.82) is 0 Å².